The van der Waals surface area contributed by atoms with Gasteiger partial charge in [-0.25, -0.2) is 0 Å². The summed E-state index contributed by atoms with van der Waals surface area (Å²) in [7, 11) is 1.76. The first-order valence-electron chi connectivity index (χ1n) is 7.76. The van der Waals surface area contributed by atoms with Gasteiger partial charge in [-0.1, -0.05) is 44.2 Å². The van der Waals surface area contributed by atoms with E-state index in [1.54, 1.807) is 7.11 Å². The Hall–Kier alpha value is -0.900. The number of benzene rings is 1. The summed E-state index contributed by atoms with van der Waals surface area (Å²) in [5.74, 6) is 0. The first-order chi connectivity index (χ1) is 9.72. The Morgan fingerprint density at radius 3 is 2.30 bits per heavy atom. The summed E-state index contributed by atoms with van der Waals surface area (Å²) in [5.41, 5.74) is 7.52. The molecular weight excluding hydrogens is 248 g/mol. The lowest BCUT2D eigenvalue weighted by atomic mass is 10.0. The molecule has 0 radical (unpaired) electrons. The first-order valence-corrected chi connectivity index (χ1v) is 7.76. The van der Waals surface area contributed by atoms with Crippen LogP contribution in [0.3, 0.4) is 0 Å². The van der Waals surface area contributed by atoms with Gasteiger partial charge in [0.05, 0.1) is 6.61 Å². The molecule has 3 nitrogen and oxygen atoms in total. The molecule has 20 heavy (non-hydrogen) atoms. The fourth-order valence-corrected chi connectivity index (χ4v) is 2.66. The topological polar surface area (TPSA) is 38.5 Å². The maximum absolute atomic E-state index is 6.30. The molecule has 114 valence electrons. The summed E-state index contributed by atoms with van der Waals surface area (Å²) in [5, 5.41) is 0. The molecule has 0 amide bonds. The Morgan fingerprint density at radius 1 is 1.10 bits per heavy atom. The van der Waals surface area contributed by atoms with Gasteiger partial charge in [0.15, 0.2) is 0 Å². The number of hydrogen-bond donors (Lipinski definition) is 1. The van der Waals surface area contributed by atoms with E-state index in [1.165, 1.54) is 18.4 Å². The van der Waals surface area contributed by atoms with Crippen molar-refractivity contribution in [3.8, 4) is 0 Å². The highest BCUT2D eigenvalue weighted by molar-refractivity contribution is 5.18. The van der Waals surface area contributed by atoms with Gasteiger partial charge in [-0.05, 0) is 24.8 Å². The van der Waals surface area contributed by atoms with Crippen LogP contribution in [-0.4, -0.2) is 37.7 Å². The van der Waals surface area contributed by atoms with Crippen molar-refractivity contribution in [2.45, 2.75) is 45.2 Å². The second kappa shape index (κ2) is 9.92. The Labute approximate surface area is 124 Å². The zero-order valence-corrected chi connectivity index (χ0v) is 13.2. The fourth-order valence-electron chi connectivity index (χ4n) is 2.66. The number of rotatable bonds is 10. The van der Waals surface area contributed by atoms with E-state index in [0.717, 1.165) is 26.1 Å². The second-order valence-corrected chi connectivity index (χ2v) is 5.30. The van der Waals surface area contributed by atoms with E-state index in [1.807, 2.05) is 6.07 Å². The largest absolute Gasteiger partial charge is 0.383 e. The van der Waals surface area contributed by atoms with Crippen molar-refractivity contribution in [1.82, 2.24) is 4.90 Å². The minimum atomic E-state index is 0.121. The molecule has 1 atom stereocenters. The van der Waals surface area contributed by atoms with E-state index in [0.29, 0.717) is 6.04 Å². The number of methoxy groups -OCH3 is 1. The zero-order valence-electron chi connectivity index (χ0n) is 13.2. The van der Waals surface area contributed by atoms with Gasteiger partial charge in [-0.3, -0.25) is 4.90 Å². The molecule has 0 heterocycles. The Kier molecular flexibility index (Phi) is 8.51. The maximum atomic E-state index is 6.30. The van der Waals surface area contributed by atoms with Crippen LogP contribution in [0.4, 0.5) is 0 Å². The highest BCUT2D eigenvalue weighted by atomic mass is 16.5. The SMILES string of the molecule is CCC(CC)N(CCOC)CCC(N)c1ccccc1. The molecule has 1 aromatic rings. The lowest BCUT2D eigenvalue weighted by molar-refractivity contribution is 0.112. The van der Waals surface area contributed by atoms with Crippen molar-refractivity contribution in [3.05, 3.63) is 35.9 Å². The molecule has 0 spiro atoms. The highest BCUT2D eigenvalue weighted by Gasteiger charge is 2.16. The molecule has 1 unspecified atom stereocenters. The number of ether oxygens (including phenoxy) is 1. The summed E-state index contributed by atoms with van der Waals surface area (Å²) in [4.78, 5) is 2.52. The van der Waals surface area contributed by atoms with Crippen molar-refractivity contribution in [1.29, 1.82) is 0 Å². The van der Waals surface area contributed by atoms with Gasteiger partial charge < -0.3 is 10.5 Å². The monoisotopic (exact) mass is 278 g/mol. The van der Waals surface area contributed by atoms with E-state index < -0.39 is 0 Å². The van der Waals surface area contributed by atoms with Crippen molar-refractivity contribution >= 4 is 0 Å². The normalized spacial score (nSPS) is 13.1. The third kappa shape index (κ3) is 5.61. The van der Waals surface area contributed by atoms with Crippen molar-refractivity contribution in [2.75, 3.05) is 26.8 Å². The van der Waals surface area contributed by atoms with Crippen molar-refractivity contribution in [2.24, 2.45) is 5.73 Å². The molecule has 0 aliphatic carbocycles. The summed E-state index contributed by atoms with van der Waals surface area (Å²) < 4.78 is 5.23. The van der Waals surface area contributed by atoms with Crippen LogP contribution in [-0.2, 0) is 4.74 Å². The predicted octanol–water partition coefficient (Wildman–Crippen LogP) is 3.21. The van der Waals surface area contributed by atoms with Gasteiger partial charge in [0.1, 0.15) is 0 Å². The quantitative estimate of drug-likeness (QED) is 0.714. The summed E-state index contributed by atoms with van der Waals surface area (Å²) in [6.45, 7) is 7.32. The van der Waals surface area contributed by atoms with Gasteiger partial charge in [0, 0.05) is 32.3 Å². The van der Waals surface area contributed by atoms with E-state index in [-0.39, 0.29) is 6.04 Å². The standard InChI is InChI=1S/C17H30N2O/c1-4-16(5-2)19(13-14-20-3)12-11-17(18)15-9-7-6-8-10-15/h6-10,16-17H,4-5,11-14,18H2,1-3H3. The second-order valence-electron chi connectivity index (χ2n) is 5.30. The van der Waals surface area contributed by atoms with Crippen LogP contribution in [0.1, 0.15) is 44.7 Å². The molecule has 0 fully saturated rings. The number of hydrogen-bond acceptors (Lipinski definition) is 3. The average Bonchev–Trinajstić information content (AvgIpc) is 2.50. The van der Waals surface area contributed by atoms with Crippen molar-refractivity contribution in [3.63, 3.8) is 0 Å². The van der Waals surface area contributed by atoms with Crippen LogP contribution >= 0.6 is 0 Å². The van der Waals surface area contributed by atoms with Gasteiger partial charge in [0.25, 0.3) is 0 Å². The lowest BCUT2D eigenvalue weighted by Crippen LogP contribution is -2.38. The van der Waals surface area contributed by atoms with Crippen LogP contribution in [0.5, 0.6) is 0 Å². The molecule has 2 N–H and O–H groups in total. The van der Waals surface area contributed by atoms with Crippen LogP contribution in [0.15, 0.2) is 30.3 Å². The predicted molar refractivity (Wildman–Crippen MR) is 85.8 cm³/mol. The van der Waals surface area contributed by atoms with Crippen LogP contribution < -0.4 is 5.73 Å². The van der Waals surface area contributed by atoms with E-state index in [2.05, 4.69) is 43.0 Å². The minimum Gasteiger partial charge on any atom is -0.383 e. The van der Waals surface area contributed by atoms with E-state index >= 15 is 0 Å². The molecule has 0 saturated carbocycles. The third-order valence-corrected chi connectivity index (χ3v) is 4.00. The third-order valence-electron chi connectivity index (χ3n) is 4.00. The highest BCUT2D eigenvalue weighted by Crippen LogP contribution is 2.16. The molecule has 0 saturated heterocycles. The Balaban J connectivity index is 2.52. The van der Waals surface area contributed by atoms with E-state index in [4.69, 9.17) is 10.5 Å². The molecule has 3 heteroatoms. The summed E-state index contributed by atoms with van der Waals surface area (Å²) in [6.07, 6.45) is 3.35. The van der Waals surface area contributed by atoms with Gasteiger partial charge in [-0.2, -0.15) is 0 Å². The van der Waals surface area contributed by atoms with Crippen molar-refractivity contribution < 1.29 is 4.74 Å². The fraction of sp³-hybridized carbons (Fsp3) is 0.647. The minimum absolute atomic E-state index is 0.121. The number of nitrogens with two attached hydrogens (primary N) is 1. The zero-order chi connectivity index (χ0) is 14.8. The molecular formula is C17H30N2O. The maximum Gasteiger partial charge on any atom is 0.0589 e. The smallest absolute Gasteiger partial charge is 0.0589 e. The molecule has 0 bridgehead atoms. The van der Waals surface area contributed by atoms with Gasteiger partial charge >= 0.3 is 0 Å². The van der Waals surface area contributed by atoms with Crippen LogP contribution in [0, 0.1) is 0 Å². The van der Waals surface area contributed by atoms with Crippen LogP contribution in [0.25, 0.3) is 0 Å². The summed E-state index contributed by atoms with van der Waals surface area (Å²) in [6, 6.07) is 11.1. The van der Waals surface area contributed by atoms with E-state index in [9.17, 15) is 0 Å². The Bertz CT molecular complexity index is 338. The van der Waals surface area contributed by atoms with Crippen LogP contribution in [0.2, 0.25) is 0 Å². The van der Waals surface area contributed by atoms with Gasteiger partial charge in [-0.15, -0.1) is 0 Å². The molecule has 0 aromatic heterocycles. The number of nitrogens with zero attached hydrogens (tertiary/aromatic N) is 1. The van der Waals surface area contributed by atoms with Gasteiger partial charge in [0.2, 0.25) is 0 Å². The average molecular weight is 278 g/mol. The lowest BCUT2D eigenvalue weighted by Gasteiger charge is -2.31. The molecule has 0 aliphatic heterocycles. The first kappa shape index (κ1) is 17.2. The molecule has 1 aromatic carbocycles. The Morgan fingerprint density at radius 2 is 1.75 bits per heavy atom. The summed E-state index contributed by atoms with van der Waals surface area (Å²) >= 11 is 0. The molecule has 0 aliphatic rings. The molecule has 1 rings (SSSR count).